The van der Waals surface area contributed by atoms with Gasteiger partial charge in [-0.25, -0.2) is 0 Å². The smallest absolute Gasteiger partial charge is 0.0632 e. The van der Waals surface area contributed by atoms with Gasteiger partial charge in [0.1, 0.15) is 0 Å². The largest absolute Gasteiger partial charge is 0.313 e. The first-order valence-corrected chi connectivity index (χ1v) is 6.14. The van der Waals surface area contributed by atoms with E-state index in [0.717, 1.165) is 32.5 Å². The maximum absolute atomic E-state index is 4.58. The van der Waals surface area contributed by atoms with Crippen LogP contribution in [0.15, 0.2) is 18.2 Å². The highest BCUT2D eigenvalue weighted by molar-refractivity contribution is 5.12. The first-order valence-electron chi connectivity index (χ1n) is 6.14. The zero-order valence-corrected chi connectivity index (χ0v) is 10.7. The molecule has 0 saturated carbocycles. The van der Waals surface area contributed by atoms with Gasteiger partial charge in [0.05, 0.1) is 12.2 Å². The standard InChI is InChI=1S/C13H23N3/c1-5-12-8-13(6-2)16(15-12)10-11(4)9-14-7-3/h8,14H,4-7,9-10H2,1-3H3. The van der Waals surface area contributed by atoms with Gasteiger partial charge < -0.3 is 5.32 Å². The van der Waals surface area contributed by atoms with Crippen LogP contribution in [0.4, 0.5) is 0 Å². The minimum Gasteiger partial charge on any atom is -0.313 e. The summed E-state index contributed by atoms with van der Waals surface area (Å²) < 4.78 is 2.08. The van der Waals surface area contributed by atoms with Crippen LogP contribution in [0.1, 0.15) is 32.2 Å². The number of aryl methyl sites for hydroxylation is 2. The van der Waals surface area contributed by atoms with Crippen LogP contribution >= 0.6 is 0 Å². The van der Waals surface area contributed by atoms with E-state index in [9.17, 15) is 0 Å². The molecule has 0 amide bonds. The summed E-state index contributed by atoms with van der Waals surface area (Å²) >= 11 is 0. The molecular formula is C13H23N3. The molecule has 0 radical (unpaired) electrons. The first kappa shape index (κ1) is 13.0. The number of rotatable bonds is 7. The number of hydrogen-bond acceptors (Lipinski definition) is 2. The fourth-order valence-electron chi connectivity index (χ4n) is 1.68. The van der Waals surface area contributed by atoms with Crippen molar-refractivity contribution < 1.29 is 0 Å². The van der Waals surface area contributed by atoms with Crippen molar-refractivity contribution >= 4 is 0 Å². The lowest BCUT2D eigenvalue weighted by Gasteiger charge is -2.09. The van der Waals surface area contributed by atoms with Crippen LogP contribution in [0.5, 0.6) is 0 Å². The maximum Gasteiger partial charge on any atom is 0.0632 e. The van der Waals surface area contributed by atoms with Crippen LogP contribution in [0.3, 0.4) is 0 Å². The molecular weight excluding hydrogens is 198 g/mol. The third-order valence-corrected chi connectivity index (χ3v) is 2.64. The average Bonchev–Trinajstić information content (AvgIpc) is 2.68. The molecule has 3 heteroatoms. The summed E-state index contributed by atoms with van der Waals surface area (Å²) in [7, 11) is 0. The highest BCUT2D eigenvalue weighted by Gasteiger charge is 2.05. The number of aromatic nitrogens is 2. The van der Waals surface area contributed by atoms with Crippen molar-refractivity contribution in [3.63, 3.8) is 0 Å². The highest BCUT2D eigenvalue weighted by Crippen LogP contribution is 2.08. The van der Waals surface area contributed by atoms with Crippen LogP contribution in [0, 0.1) is 0 Å². The molecule has 0 aromatic carbocycles. The minimum absolute atomic E-state index is 0.830. The SMILES string of the molecule is C=C(CNCC)Cn1nc(CC)cc1CC. The molecule has 1 heterocycles. The molecule has 0 saturated heterocycles. The van der Waals surface area contributed by atoms with Gasteiger partial charge in [-0.1, -0.05) is 27.4 Å². The Labute approximate surface area is 98.5 Å². The maximum atomic E-state index is 4.58. The van der Waals surface area contributed by atoms with Gasteiger partial charge in [0.2, 0.25) is 0 Å². The highest BCUT2D eigenvalue weighted by atomic mass is 15.3. The summed E-state index contributed by atoms with van der Waals surface area (Å²) in [5.74, 6) is 0. The summed E-state index contributed by atoms with van der Waals surface area (Å²) in [5, 5.41) is 7.86. The van der Waals surface area contributed by atoms with Crippen molar-refractivity contribution in [1.82, 2.24) is 15.1 Å². The molecule has 1 rings (SSSR count). The van der Waals surface area contributed by atoms with E-state index >= 15 is 0 Å². The topological polar surface area (TPSA) is 29.9 Å². The Bertz CT molecular complexity index is 339. The molecule has 3 nitrogen and oxygen atoms in total. The fourth-order valence-corrected chi connectivity index (χ4v) is 1.68. The van der Waals surface area contributed by atoms with E-state index in [1.54, 1.807) is 0 Å². The van der Waals surface area contributed by atoms with E-state index in [-0.39, 0.29) is 0 Å². The minimum atomic E-state index is 0.830. The van der Waals surface area contributed by atoms with Gasteiger partial charge >= 0.3 is 0 Å². The quantitative estimate of drug-likeness (QED) is 0.715. The van der Waals surface area contributed by atoms with Crippen molar-refractivity contribution in [2.75, 3.05) is 13.1 Å². The van der Waals surface area contributed by atoms with E-state index in [4.69, 9.17) is 0 Å². The molecule has 0 aliphatic heterocycles. The molecule has 0 fully saturated rings. The molecule has 0 aliphatic carbocycles. The summed E-state index contributed by atoms with van der Waals surface area (Å²) in [5.41, 5.74) is 3.66. The monoisotopic (exact) mass is 221 g/mol. The molecule has 1 N–H and O–H groups in total. The Hall–Kier alpha value is -1.09. The van der Waals surface area contributed by atoms with Crippen LogP contribution in [0.2, 0.25) is 0 Å². The molecule has 1 aromatic heterocycles. The number of likely N-dealkylation sites (N-methyl/N-ethyl adjacent to an activating group) is 1. The van der Waals surface area contributed by atoms with Crippen molar-refractivity contribution in [1.29, 1.82) is 0 Å². The second-order valence-electron chi connectivity index (χ2n) is 4.02. The van der Waals surface area contributed by atoms with E-state index < -0.39 is 0 Å². The Balaban J connectivity index is 2.64. The van der Waals surface area contributed by atoms with Gasteiger partial charge in [-0.05, 0) is 31.0 Å². The third kappa shape index (κ3) is 3.49. The normalized spacial score (nSPS) is 10.7. The summed E-state index contributed by atoms with van der Waals surface area (Å²) in [6, 6.07) is 2.19. The van der Waals surface area contributed by atoms with Crippen LogP contribution in [-0.4, -0.2) is 22.9 Å². The van der Waals surface area contributed by atoms with E-state index in [1.807, 2.05) is 0 Å². The summed E-state index contributed by atoms with van der Waals surface area (Å²) in [6.07, 6.45) is 2.03. The predicted molar refractivity (Wildman–Crippen MR) is 68.7 cm³/mol. The van der Waals surface area contributed by atoms with Crippen molar-refractivity contribution in [3.8, 4) is 0 Å². The third-order valence-electron chi connectivity index (χ3n) is 2.64. The second kappa shape index (κ2) is 6.48. The molecule has 0 unspecified atom stereocenters. The molecule has 0 atom stereocenters. The molecule has 1 aromatic rings. The van der Waals surface area contributed by atoms with Crippen LogP contribution in [0.25, 0.3) is 0 Å². The lowest BCUT2D eigenvalue weighted by Crippen LogP contribution is -2.19. The first-order chi connectivity index (χ1) is 7.71. The Kier molecular flexibility index (Phi) is 5.26. The summed E-state index contributed by atoms with van der Waals surface area (Å²) in [4.78, 5) is 0. The number of nitrogens with zero attached hydrogens (tertiary/aromatic N) is 2. The Morgan fingerprint density at radius 3 is 2.69 bits per heavy atom. The summed E-state index contributed by atoms with van der Waals surface area (Å²) in [6.45, 7) is 13.2. The lowest BCUT2D eigenvalue weighted by molar-refractivity contribution is 0.612. The fraction of sp³-hybridized carbons (Fsp3) is 0.615. The lowest BCUT2D eigenvalue weighted by atomic mass is 10.2. The number of hydrogen-bond donors (Lipinski definition) is 1. The number of nitrogens with one attached hydrogen (secondary N) is 1. The Morgan fingerprint density at radius 1 is 1.38 bits per heavy atom. The zero-order chi connectivity index (χ0) is 12.0. The van der Waals surface area contributed by atoms with Crippen molar-refractivity contribution in [3.05, 3.63) is 29.6 Å². The average molecular weight is 221 g/mol. The second-order valence-corrected chi connectivity index (χ2v) is 4.02. The molecule has 0 bridgehead atoms. The van der Waals surface area contributed by atoms with E-state index in [1.165, 1.54) is 17.0 Å². The van der Waals surface area contributed by atoms with Crippen molar-refractivity contribution in [2.24, 2.45) is 0 Å². The molecule has 90 valence electrons. The van der Waals surface area contributed by atoms with Gasteiger partial charge in [0.15, 0.2) is 0 Å². The predicted octanol–water partition coefficient (Wildman–Crippen LogP) is 2.17. The van der Waals surface area contributed by atoms with Gasteiger partial charge in [0.25, 0.3) is 0 Å². The molecule has 16 heavy (non-hydrogen) atoms. The van der Waals surface area contributed by atoms with Crippen LogP contribution in [-0.2, 0) is 19.4 Å². The van der Waals surface area contributed by atoms with Crippen LogP contribution < -0.4 is 5.32 Å². The van der Waals surface area contributed by atoms with Gasteiger partial charge in [-0.2, -0.15) is 5.10 Å². The van der Waals surface area contributed by atoms with E-state index in [2.05, 4.69) is 48.5 Å². The molecule has 0 spiro atoms. The van der Waals surface area contributed by atoms with Gasteiger partial charge in [-0.3, -0.25) is 4.68 Å². The zero-order valence-electron chi connectivity index (χ0n) is 10.7. The van der Waals surface area contributed by atoms with Crippen molar-refractivity contribution in [2.45, 2.75) is 40.2 Å². The molecule has 0 aliphatic rings. The van der Waals surface area contributed by atoms with Gasteiger partial charge in [0, 0.05) is 12.2 Å². The van der Waals surface area contributed by atoms with Gasteiger partial charge in [-0.15, -0.1) is 0 Å². The van der Waals surface area contributed by atoms with E-state index in [0.29, 0.717) is 0 Å². The Morgan fingerprint density at radius 2 is 2.12 bits per heavy atom.